The van der Waals surface area contributed by atoms with Crippen LogP contribution in [-0.4, -0.2) is 55.3 Å². The Morgan fingerprint density at radius 1 is 0.939 bits per heavy atom. The smallest absolute Gasteiger partial charge is 0.330 e. The van der Waals surface area contributed by atoms with Gasteiger partial charge in [-0.25, -0.2) is 14.8 Å². The third-order valence-electron chi connectivity index (χ3n) is 9.28. The van der Waals surface area contributed by atoms with Crippen LogP contribution in [0.5, 0.6) is 5.88 Å². The summed E-state index contributed by atoms with van der Waals surface area (Å²) in [5, 5.41) is 13.6. The number of benzene rings is 2. The molecule has 0 amide bonds. The number of nitrogens with zero attached hydrogens (tertiary/aromatic N) is 5. The Hall–Kier alpha value is -4.71. The van der Waals surface area contributed by atoms with Gasteiger partial charge in [-0.05, 0) is 30.0 Å². The van der Waals surface area contributed by atoms with Gasteiger partial charge in [0.25, 0.3) is 5.56 Å². The Morgan fingerprint density at radius 2 is 1.59 bits per heavy atom. The second-order valence-corrected chi connectivity index (χ2v) is 12.7. The third-order valence-corrected chi connectivity index (χ3v) is 10.1. The Kier molecular flexibility index (Phi) is 9.52. The first kappa shape index (κ1) is 34.2. The molecule has 2 atom stereocenters. The lowest BCUT2D eigenvalue weighted by Crippen LogP contribution is -2.37. The van der Waals surface area contributed by atoms with Crippen molar-refractivity contribution in [2.24, 2.45) is 31.8 Å². The van der Waals surface area contributed by atoms with Crippen LogP contribution < -0.4 is 21.3 Å². The number of likely N-dealkylation sites (tertiary alicyclic amines) is 1. The van der Waals surface area contributed by atoms with Gasteiger partial charge in [-0.3, -0.25) is 23.6 Å². The third kappa shape index (κ3) is 6.07. The fraction of sp³-hybridized carbons (Fsp3) is 0.306. The number of methoxy groups -OCH3 is 1. The van der Waals surface area contributed by atoms with E-state index in [2.05, 4.69) is 15.2 Å². The van der Waals surface area contributed by atoms with Crippen LogP contribution in [0.3, 0.4) is 0 Å². The number of hydrogen-bond acceptors (Lipinski definition) is 8. The molecule has 0 spiro atoms. The molecule has 1 aliphatic carbocycles. The van der Waals surface area contributed by atoms with E-state index in [4.69, 9.17) is 32.9 Å². The van der Waals surface area contributed by atoms with Crippen molar-refractivity contribution in [3.05, 3.63) is 97.2 Å². The SMILES string of the molecule is CC.COc1nc(-c2cccc(-c3cccc(Nc4nccc5c4c(=O)n(C)c(=O)n5C)c3Cl)c2Cl)ccc1CN1CC2C(C1)C2C(=O)O. The van der Waals surface area contributed by atoms with Gasteiger partial charge < -0.3 is 15.2 Å². The number of carbonyl (C=O) groups is 1. The van der Waals surface area contributed by atoms with Gasteiger partial charge in [-0.1, -0.05) is 73.4 Å². The number of fused-ring (bicyclic) bond motifs is 2. The van der Waals surface area contributed by atoms with Crippen molar-refractivity contribution in [2.75, 3.05) is 25.5 Å². The van der Waals surface area contributed by atoms with Crippen LogP contribution in [0.4, 0.5) is 11.5 Å². The molecule has 0 radical (unpaired) electrons. The molecular weight excluding hydrogens is 667 g/mol. The lowest BCUT2D eigenvalue weighted by Gasteiger charge is -2.20. The normalized spacial score (nSPS) is 18.1. The van der Waals surface area contributed by atoms with E-state index in [1.54, 1.807) is 26.3 Å². The first-order valence-corrected chi connectivity index (χ1v) is 16.7. The number of hydrogen-bond donors (Lipinski definition) is 2. The average molecular weight is 704 g/mol. The minimum Gasteiger partial charge on any atom is -0.481 e. The van der Waals surface area contributed by atoms with Crippen LogP contribution in [0.2, 0.25) is 10.0 Å². The summed E-state index contributed by atoms with van der Waals surface area (Å²) in [6.45, 7) is 6.12. The molecule has 2 fully saturated rings. The van der Waals surface area contributed by atoms with E-state index in [0.29, 0.717) is 56.1 Å². The molecule has 5 aromatic rings. The lowest BCUT2D eigenvalue weighted by atomic mass is 10.00. The van der Waals surface area contributed by atoms with Crippen molar-refractivity contribution in [3.8, 4) is 28.3 Å². The van der Waals surface area contributed by atoms with Crippen LogP contribution in [-0.2, 0) is 25.4 Å². The van der Waals surface area contributed by atoms with Gasteiger partial charge in [0, 0.05) is 62.2 Å². The number of aliphatic carboxylic acids is 1. The molecular formula is C36H36Cl2N6O5. The maximum atomic E-state index is 13.1. The van der Waals surface area contributed by atoms with Crippen LogP contribution >= 0.6 is 23.2 Å². The number of anilines is 2. The Bertz CT molecular complexity index is 2210. The van der Waals surface area contributed by atoms with Crippen molar-refractivity contribution in [3.63, 3.8) is 0 Å². The summed E-state index contributed by atoms with van der Waals surface area (Å²) >= 11 is 14.0. The molecule has 1 aliphatic heterocycles. The average Bonchev–Trinajstić information content (AvgIpc) is 3.64. The standard InChI is InChI=1S/C34H30Cl2N6O5.C2H6/c1-40-25-12-13-37-30(27(25)32(43)41(2)34(40)46)38-24-9-5-7-19(29(24)36)18-6-4-8-20(28(18)35)23-11-10-17(31(39-23)47-3)14-42-15-21-22(16-42)26(21)33(44)45;1-2/h4-13,21-22,26H,14-16H2,1-3H3,(H,37,38)(H,44,45);1-2H3. The van der Waals surface area contributed by atoms with E-state index in [-0.39, 0.29) is 29.0 Å². The van der Waals surface area contributed by atoms with E-state index in [9.17, 15) is 19.5 Å². The minimum atomic E-state index is -0.699. The topological polar surface area (TPSA) is 132 Å². The second-order valence-electron chi connectivity index (χ2n) is 12.0. The number of aromatic nitrogens is 4. The number of aryl methyl sites for hydroxylation is 1. The minimum absolute atomic E-state index is 0.214. The van der Waals surface area contributed by atoms with E-state index >= 15 is 0 Å². The Labute approximate surface area is 292 Å². The summed E-state index contributed by atoms with van der Waals surface area (Å²) in [5.74, 6) is 0.275. The molecule has 2 aliphatic rings. The van der Waals surface area contributed by atoms with Crippen molar-refractivity contribution >= 4 is 51.6 Å². The highest BCUT2D eigenvalue weighted by Crippen LogP contribution is 2.52. The van der Waals surface area contributed by atoms with E-state index < -0.39 is 17.2 Å². The molecule has 13 heteroatoms. The van der Waals surface area contributed by atoms with Crippen LogP contribution in [0.1, 0.15) is 19.4 Å². The predicted molar refractivity (Wildman–Crippen MR) is 192 cm³/mol. The highest BCUT2D eigenvalue weighted by atomic mass is 35.5. The zero-order chi connectivity index (χ0) is 35.1. The molecule has 1 saturated heterocycles. The second kappa shape index (κ2) is 13.7. The van der Waals surface area contributed by atoms with Gasteiger partial charge in [0.05, 0.1) is 40.0 Å². The maximum absolute atomic E-state index is 13.1. The summed E-state index contributed by atoms with van der Waals surface area (Å²) in [5.41, 5.74) is 3.59. The molecule has 7 rings (SSSR count). The summed E-state index contributed by atoms with van der Waals surface area (Å²) in [4.78, 5) is 48.3. The first-order valence-electron chi connectivity index (χ1n) is 16.0. The van der Waals surface area contributed by atoms with Gasteiger partial charge in [0.15, 0.2) is 0 Å². The highest BCUT2D eigenvalue weighted by molar-refractivity contribution is 6.39. The zero-order valence-corrected chi connectivity index (χ0v) is 29.2. The summed E-state index contributed by atoms with van der Waals surface area (Å²) in [6.07, 6.45) is 1.52. The number of ether oxygens (including phenoxy) is 1. The fourth-order valence-corrected chi connectivity index (χ4v) is 7.39. The van der Waals surface area contributed by atoms with Gasteiger partial charge in [-0.2, -0.15) is 0 Å². The fourth-order valence-electron chi connectivity index (χ4n) is 6.79. The Morgan fingerprint density at radius 3 is 2.27 bits per heavy atom. The maximum Gasteiger partial charge on any atom is 0.330 e. The number of pyridine rings is 2. The largest absolute Gasteiger partial charge is 0.481 e. The van der Waals surface area contributed by atoms with Gasteiger partial charge in [0.2, 0.25) is 5.88 Å². The molecule has 3 aromatic heterocycles. The summed E-state index contributed by atoms with van der Waals surface area (Å²) in [7, 11) is 4.60. The predicted octanol–water partition coefficient (Wildman–Crippen LogP) is 6.21. The van der Waals surface area contributed by atoms with Gasteiger partial charge in [-0.15, -0.1) is 0 Å². The van der Waals surface area contributed by atoms with Crippen LogP contribution in [0.15, 0.2) is 70.4 Å². The number of halogens is 2. The molecule has 2 aromatic carbocycles. The summed E-state index contributed by atoms with van der Waals surface area (Å²) in [6, 6.07) is 16.6. The van der Waals surface area contributed by atoms with Crippen LogP contribution in [0.25, 0.3) is 33.3 Å². The summed E-state index contributed by atoms with van der Waals surface area (Å²) < 4.78 is 8.11. The molecule has 49 heavy (non-hydrogen) atoms. The van der Waals surface area contributed by atoms with Gasteiger partial charge in [0.1, 0.15) is 11.2 Å². The molecule has 0 bridgehead atoms. The molecule has 254 valence electrons. The van der Waals surface area contributed by atoms with Crippen molar-refractivity contribution in [1.82, 2.24) is 24.0 Å². The quantitative estimate of drug-likeness (QED) is 0.194. The van der Waals surface area contributed by atoms with E-state index in [1.807, 2.05) is 56.3 Å². The first-order chi connectivity index (χ1) is 23.6. The highest BCUT2D eigenvalue weighted by Gasteiger charge is 2.59. The van der Waals surface area contributed by atoms with Crippen molar-refractivity contribution < 1.29 is 14.6 Å². The molecule has 4 heterocycles. The van der Waals surface area contributed by atoms with Crippen molar-refractivity contribution in [1.29, 1.82) is 0 Å². The van der Waals surface area contributed by atoms with E-state index in [1.165, 1.54) is 17.8 Å². The monoisotopic (exact) mass is 702 g/mol. The number of rotatable bonds is 8. The number of piperidine rings is 1. The van der Waals surface area contributed by atoms with E-state index in [0.717, 1.165) is 23.2 Å². The Balaban J connectivity index is 0.00000205. The van der Waals surface area contributed by atoms with Crippen molar-refractivity contribution in [2.45, 2.75) is 20.4 Å². The number of carboxylic acids is 1. The molecule has 1 saturated carbocycles. The molecule has 2 unspecified atom stereocenters. The number of nitrogens with one attached hydrogen (secondary N) is 1. The molecule has 2 N–H and O–H groups in total. The zero-order valence-electron chi connectivity index (χ0n) is 27.7. The van der Waals surface area contributed by atoms with Gasteiger partial charge >= 0.3 is 11.7 Å². The molecule has 11 nitrogen and oxygen atoms in total. The lowest BCUT2D eigenvalue weighted by molar-refractivity contribution is -0.139. The number of carboxylic acid groups (broad SMARTS) is 1. The van der Waals surface area contributed by atoms with Crippen LogP contribution in [0, 0.1) is 17.8 Å².